The smallest absolute Gasteiger partial charge is 0.349 e. The lowest BCUT2D eigenvalue weighted by molar-refractivity contribution is 0.0846. The number of benzene rings is 1. The van der Waals surface area contributed by atoms with Gasteiger partial charge in [0.25, 0.3) is 11.8 Å². The summed E-state index contributed by atoms with van der Waals surface area (Å²) >= 11 is 1.47. The number of carbonyl (C=O) groups is 2. The highest BCUT2D eigenvalue weighted by atomic mass is 32.1. The number of hydrogen-bond donors (Lipinski definition) is 2. The van der Waals surface area contributed by atoms with Crippen LogP contribution in [0.4, 0.5) is 0 Å². The van der Waals surface area contributed by atoms with Crippen molar-refractivity contribution in [1.29, 1.82) is 0 Å². The molecule has 4 rings (SSSR count). The van der Waals surface area contributed by atoms with Crippen LogP contribution < -0.4 is 16.5 Å². The molecule has 144 valence electrons. The van der Waals surface area contributed by atoms with Gasteiger partial charge >= 0.3 is 5.63 Å². The Morgan fingerprint density at radius 2 is 1.68 bits per heavy atom. The topological polar surface area (TPSA) is 88.4 Å². The van der Waals surface area contributed by atoms with Gasteiger partial charge in [-0.3, -0.25) is 20.4 Å². The van der Waals surface area contributed by atoms with Crippen LogP contribution in [0.2, 0.25) is 0 Å². The summed E-state index contributed by atoms with van der Waals surface area (Å²) in [6.45, 7) is 0. The number of fused-ring (bicyclic) bond motifs is 2. The first-order chi connectivity index (χ1) is 13.6. The largest absolute Gasteiger partial charge is 0.422 e. The Labute approximate surface area is 165 Å². The molecule has 0 spiro atoms. The Morgan fingerprint density at radius 3 is 2.54 bits per heavy atom. The highest BCUT2D eigenvalue weighted by molar-refractivity contribution is 7.14. The zero-order valence-electron chi connectivity index (χ0n) is 15.2. The third-order valence-electron chi connectivity index (χ3n) is 4.90. The second-order valence-corrected chi connectivity index (χ2v) is 8.00. The highest BCUT2D eigenvalue weighted by Gasteiger charge is 2.18. The number of nitrogens with one attached hydrogen (secondary N) is 2. The van der Waals surface area contributed by atoms with Gasteiger partial charge in [0.05, 0.1) is 4.88 Å². The third-order valence-corrected chi connectivity index (χ3v) is 6.13. The van der Waals surface area contributed by atoms with E-state index in [0.29, 0.717) is 15.8 Å². The van der Waals surface area contributed by atoms with Crippen molar-refractivity contribution in [3.63, 3.8) is 0 Å². The Hall–Kier alpha value is -2.93. The molecule has 0 bridgehead atoms. The first-order valence-electron chi connectivity index (χ1n) is 9.37. The first-order valence-corrected chi connectivity index (χ1v) is 10.2. The summed E-state index contributed by atoms with van der Waals surface area (Å²) in [5.41, 5.74) is 5.46. The summed E-state index contributed by atoms with van der Waals surface area (Å²) in [4.78, 5) is 38.7. The van der Waals surface area contributed by atoms with E-state index in [2.05, 4.69) is 10.9 Å². The Balaban J connectivity index is 1.46. The molecule has 0 aliphatic heterocycles. The predicted octanol–water partition coefficient (Wildman–Crippen LogP) is 3.59. The molecule has 28 heavy (non-hydrogen) atoms. The average Bonchev–Trinajstić information content (AvgIpc) is 3.07. The fourth-order valence-corrected chi connectivity index (χ4v) is 4.57. The number of carbonyl (C=O) groups excluding carboxylic acids is 2. The Morgan fingerprint density at radius 1 is 0.929 bits per heavy atom. The van der Waals surface area contributed by atoms with Gasteiger partial charge in [-0.1, -0.05) is 31.0 Å². The lowest BCUT2D eigenvalue weighted by Crippen LogP contribution is -2.42. The van der Waals surface area contributed by atoms with Crippen molar-refractivity contribution in [2.45, 2.75) is 38.5 Å². The van der Waals surface area contributed by atoms with Crippen molar-refractivity contribution >= 4 is 34.1 Å². The predicted molar refractivity (Wildman–Crippen MR) is 108 cm³/mol. The molecule has 0 unspecified atom stereocenters. The summed E-state index contributed by atoms with van der Waals surface area (Å²) in [7, 11) is 0. The molecular formula is C21H20N2O4S. The van der Waals surface area contributed by atoms with Gasteiger partial charge in [0, 0.05) is 10.3 Å². The minimum Gasteiger partial charge on any atom is -0.422 e. The van der Waals surface area contributed by atoms with Crippen molar-refractivity contribution in [1.82, 2.24) is 10.9 Å². The van der Waals surface area contributed by atoms with E-state index in [-0.39, 0.29) is 11.5 Å². The number of hydrogen-bond acceptors (Lipinski definition) is 5. The van der Waals surface area contributed by atoms with Crippen LogP contribution in [0.15, 0.2) is 45.6 Å². The van der Waals surface area contributed by atoms with Crippen LogP contribution in [0.25, 0.3) is 11.0 Å². The molecule has 0 saturated carbocycles. The van der Waals surface area contributed by atoms with E-state index in [1.807, 2.05) is 6.07 Å². The van der Waals surface area contributed by atoms with E-state index in [4.69, 9.17) is 4.42 Å². The number of aryl methyl sites for hydroxylation is 2. The molecule has 2 heterocycles. The monoisotopic (exact) mass is 396 g/mol. The van der Waals surface area contributed by atoms with Gasteiger partial charge in [-0.05, 0) is 49.4 Å². The van der Waals surface area contributed by atoms with Crippen molar-refractivity contribution in [2.24, 2.45) is 0 Å². The number of para-hydroxylation sites is 1. The second kappa shape index (κ2) is 7.98. The molecule has 0 atom stereocenters. The molecule has 2 amide bonds. The first kappa shape index (κ1) is 18.4. The molecule has 7 heteroatoms. The van der Waals surface area contributed by atoms with Crippen LogP contribution in [0.3, 0.4) is 0 Å². The fraction of sp³-hybridized carbons (Fsp3) is 0.286. The van der Waals surface area contributed by atoms with Gasteiger partial charge < -0.3 is 4.42 Å². The maximum absolute atomic E-state index is 12.5. The van der Waals surface area contributed by atoms with Gasteiger partial charge in [-0.2, -0.15) is 0 Å². The summed E-state index contributed by atoms with van der Waals surface area (Å²) in [5.74, 6) is -1.09. The Kier molecular flexibility index (Phi) is 5.25. The van der Waals surface area contributed by atoms with Crippen molar-refractivity contribution < 1.29 is 14.0 Å². The zero-order valence-corrected chi connectivity index (χ0v) is 16.1. The van der Waals surface area contributed by atoms with Crippen LogP contribution in [0.5, 0.6) is 0 Å². The van der Waals surface area contributed by atoms with Gasteiger partial charge in [-0.15, -0.1) is 11.3 Å². The number of hydrazine groups is 1. The summed E-state index contributed by atoms with van der Waals surface area (Å²) in [5, 5.41) is 0.636. The fourth-order valence-electron chi connectivity index (χ4n) is 3.42. The molecule has 1 aliphatic rings. The molecular weight excluding hydrogens is 376 g/mol. The lowest BCUT2D eigenvalue weighted by atomic mass is 10.00. The molecule has 1 aromatic carbocycles. The van der Waals surface area contributed by atoms with Gasteiger partial charge in [0.15, 0.2) is 0 Å². The molecule has 2 aromatic heterocycles. The van der Waals surface area contributed by atoms with Crippen molar-refractivity contribution in [2.75, 3.05) is 0 Å². The summed E-state index contributed by atoms with van der Waals surface area (Å²) in [6, 6.07) is 10.3. The molecule has 3 aromatic rings. The van der Waals surface area contributed by atoms with E-state index < -0.39 is 11.5 Å². The number of thiophene rings is 1. The van der Waals surface area contributed by atoms with E-state index in [0.717, 1.165) is 25.7 Å². The van der Waals surface area contributed by atoms with Crippen molar-refractivity contribution in [3.05, 3.63) is 67.7 Å². The van der Waals surface area contributed by atoms with E-state index in [1.54, 1.807) is 24.3 Å². The van der Waals surface area contributed by atoms with Crippen LogP contribution in [0, 0.1) is 0 Å². The lowest BCUT2D eigenvalue weighted by Gasteiger charge is -2.07. The van der Waals surface area contributed by atoms with Crippen LogP contribution in [-0.4, -0.2) is 11.8 Å². The highest BCUT2D eigenvalue weighted by Crippen LogP contribution is 2.28. The van der Waals surface area contributed by atoms with Crippen LogP contribution in [-0.2, 0) is 12.8 Å². The van der Waals surface area contributed by atoms with E-state index in [1.165, 1.54) is 40.7 Å². The molecule has 2 N–H and O–H groups in total. The number of amides is 2. The normalized spacial score (nSPS) is 14.0. The van der Waals surface area contributed by atoms with Gasteiger partial charge in [-0.25, -0.2) is 4.79 Å². The molecule has 0 fully saturated rings. The van der Waals surface area contributed by atoms with E-state index >= 15 is 0 Å². The molecule has 0 radical (unpaired) electrons. The van der Waals surface area contributed by atoms with Gasteiger partial charge in [0.1, 0.15) is 11.1 Å². The number of rotatable bonds is 2. The third kappa shape index (κ3) is 3.84. The van der Waals surface area contributed by atoms with Crippen molar-refractivity contribution in [3.8, 4) is 0 Å². The maximum Gasteiger partial charge on any atom is 0.349 e. The molecule has 0 saturated heterocycles. The van der Waals surface area contributed by atoms with Crippen LogP contribution in [0.1, 0.15) is 56.2 Å². The minimum atomic E-state index is -0.746. The standard InChI is InChI=1S/C21H20N2O4S/c24-19(15-11-13-7-5-6-9-16(13)27-21(15)26)22-23-20(25)18-12-14-8-3-1-2-4-10-17(14)28-18/h5-7,9,11-12H,1-4,8,10H2,(H,22,24)(H,23,25). The van der Waals surface area contributed by atoms with Crippen LogP contribution >= 0.6 is 11.3 Å². The SMILES string of the molecule is O=C(NNC(=O)c1cc2ccccc2oc1=O)c1cc2c(s1)CCCCCC2. The summed E-state index contributed by atoms with van der Waals surface area (Å²) < 4.78 is 5.16. The minimum absolute atomic E-state index is 0.155. The zero-order chi connectivity index (χ0) is 19.5. The molecule has 6 nitrogen and oxygen atoms in total. The second-order valence-electron chi connectivity index (χ2n) is 6.87. The quantitative estimate of drug-likeness (QED) is 0.512. The van der Waals surface area contributed by atoms with Gasteiger partial charge in [0.2, 0.25) is 0 Å². The Bertz CT molecular complexity index is 1070. The van der Waals surface area contributed by atoms with E-state index in [9.17, 15) is 14.4 Å². The average molecular weight is 396 g/mol. The maximum atomic E-state index is 12.5. The summed E-state index contributed by atoms with van der Waals surface area (Å²) in [6.07, 6.45) is 6.72. The molecule has 1 aliphatic carbocycles.